The molecule has 2 aliphatic rings. The fraction of sp³-hybridized carbons (Fsp3) is 0.435. The highest BCUT2D eigenvalue weighted by Crippen LogP contribution is 2.40. The third-order valence-corrected chi connectivity index (χ3v) is 7.34. The van der Waals surface area contributed by atoms with Crippen LogP contribution in [0.25, 0.3) is 10.2 Å². The van der Waals surface area contributed by atoms with Gasteiger partial charge in [0.15, 0.2) is 0 Å². The molecule has 1 saturated carbocycles. The zero-order valence-electron chi connectivity index (χ0n) is 17.7. The van der Waals surface area contributed by atoms with Gasteiger partial charge in [-0.2, -0.15) is 0 Å². The van der Waals surface area contributed by atoms with E-state index in [9.17, 15) is 9.59 Å². The second-order valence-electron chi connectivity index (χ2n) is 8.46. The van der Waals surface area contributed by atoms with Crippen LogP contribution < -0.4 is 5.32 Å². The molecule has 3 aromatic heterocycles. The zero-order chi connectivity index (χ0) is 21.5. The molecule has 0 unspecified atom stereocenters. The average Bonchev–Trinajstić information content (AvgIpc) is 3.58. The van der Waals surface area contributed by atoms with E-state index in [2.05, 4.69) is 10.3 Å². The molecule has 2 fully saturated rings. The standard InChI is InChI=1S/C23H25N5O2S/c1-13-18-14(2)25-20(15-5-6-15)27-22(18)31-19(13)23(30)28-10-7-17(8-11-28)26-21(29)16-4-3-9-24-12-16/h3-4,9,12,15,17H,5-8,10-11H2,1-2H3,(H,26,29). The van der Waals surface area contributed by atoms with Crippen molar-refractivity contribution >= 4 is 33.4 Å². The molecule has 2 amide bonds. The summed E-state index contributed by atoms with van der Waals surface area (Å²) in [5, 5.41) is 4.09. The van der Waals surface area contributed by atoms with E-state index < -0.39 is 0 Å². The third kappa shape index (κ3) is 3.92. The number of hydrogen-bond donors (Lipinski definition) is 1. The van der Waals surface area contributed by atoms with Crippen molar-refractivity contribution in [1.82, 2.24) is 25.2 Å². The molecule has 0 aromatic carbocycles. The summed E-state index contributed by atoms with van der Waals surface area (Å²) in [6.45, 7) is 5.27. The Kier molecular flexibility index (Phi) is 5.17. The molecular weight excluding hydrogens is 410 g/mol. The van der Waals surface area contributed by atoms with Crippen LogP contribution in [0, 0.1) is 13.8 Å². The van der Waals surface area contributed by atoms with Gasteiger partial charge in [0.05, 0.1) is 16.1 Å². The Morgan fingerprint density at radius 3 is 2.58 bits per heavy atom. The summed E-state index contributed by atoms with van der Waals surface area (Å²) >= 11 is 1.49. The number of pyridine rings is 1. The Labute approximate surface area is 184 Å². The van der Waals surface area contributed by atoms with Gasteiger partial charge in [0.25, 0.3) is 11.8 Å². The number of aromatic nitrogens is 3. The number of rotatable bonds is 4. The molecule has 1 aliphatic heterocycles. The fourth-order valence-electron chi connectivity index (χ4n) is 4.22. The van der Waals surface area contributed by atoms with Crippen molar-refractivity contribution in [2.75, 3.05) is 13.1 Å². The van der Waals surface area contributed by atoms with Crippen molar-refractivity contribution in [3.8, 4) is 0 Å². The van der Waals surface area contributed by atoms with Gasteiger partial charge in [-0.25, -0.2) is 9.97 Å². The van der Waals surface area contributed by atoms with Crippen molar-refractivity contribution in [3.05, 3.63) is 52.0 Å². The van der Waals surface area contributed by atoms with Crippen LogP contribution in [0.2, 0.25) is 0 Å². The van der Waals surface area contributed by atoms with Crippen LogP contribution in [-0.2, 0) is 0 Å². The first-order valence-electron chi connectivity index (χ1n) is 10.8. The lowest BCUT2D eigenvalue weighted by molar-refractivity contribution is 0.0702. The molecule has 5 rings (SSSR count). The molecule has 1 aliphatic carbocycles. The molecule has 0 bridgehead atoms. The van der Waals surface area contributed by atoms with E-state index in [4.69, 9.17) is 9.97 Å². The summed E-state index contributed by atoms with van der Waals surface area (Å²) in [5.41, 5.74) is 2.51. The number of carbonyl (C=O) groups excluding carboxylic acids is 2. The van der Waals surface area contributed by atoms with Gasteiger partial charge in [-0.3, -0.25) is 14.6 Å². The van der Waals surface area contributed by atoms with Crippen LogP contribution in [0.5, 0.6) is 0 Å². The van der Waals surface area contributed by atoms with Crippen molar-refractivity contribution in [2.45, 2.75) is 51.5 Å². The minimum Gasteiger partial charge on any atom is -0.349 e. The maximum atomic E-state index is 13.3. The van der Waals surface area contributed by atoms with E-state index in [1.807, 2.05) is 18.7 Å². The number of amides is 2. The predicted molar refractivity (Wildman–Crippen MR) is 119 cm³/mol. The number of nitrogens with one attached hydrogen (secondary N) is 1. The molecule has 3 aromatic rings. The molecule has 7 nitrogen and oxygen atoms in total. The smallest absolute Gasteiger partial charge is 0.264 e. The minimum absolute atomic E-state index is 0.0601. The Bertz CT molecular complexity index is 1150. The Hall–Kier alpha value is -2.87. The lowest BCUT2D eigenvalue weighted by atomic mass is 10.0. The van der Waals surface area contributed by atoms with Gasteiger partial charge in [-0.1, -0.05) is 0 Å². The van der Waals surface area contributed by atoms with Gasteiger partial charge in [0.1, 0.15) is 10.7 Å². The number of thiophene rings is 1. The zero-order valence-corrected chi connectivity index (χ0v) is 18.5. The molecule has 0 spiro atoms. The number of carbonyl (C=O) groups is 2. The number of likely N-dealkylation sites (tertiary alicyclic amines) is 1. The van der Waals surface area contributed by atoms with Crippen LogP contribution in [0.4, 0.5) is 0 Å². The molecule has 1 saturated heterocycles. The lowest BCUT2D eigenvalue weighted by Gasteiger charge is -2.32. The molecule has 0 radical (unpaired) electrons. The Balaban J connectivity index is 1.27. The number of aryl methyl sites for hydroxylation is 2. The summed E-state index contributed by atoms with van der Waals surface area (Å²) in [6, 6.07) is 3.57. The highest BCUT2D eigenvalue weighted by atomic mass is 32.1. The summed E-state index contributed by atoms with van der Waals surface area (Å²) in [4.78, 5) is 42.7. The topological polar surface area (TPSA) is 88.1 Å². The second kappa shape index (κ2) is 8.00. The quantitative estimate of drug-likeness (QED) is 0.676. The summed E-state index contributed by atoms with van der Waals surface area (Å²) in [7, 11) is 0. The molecular formula is C23H25N5O2S. The first-order chi connectivity index (χ1) is 15.0. The van der Waals surface area contributed by atoms with Crippen LogP contribution in [0.3, 0.4) is 0 Å². The first-order valence-corrected chi connectivity index (χ1v) is 11.6. The van der Waals surface area contributed by atoms with Gasteiger partial charge in [0, 0.05) is 42.8 Å². The molecule has 160 valence electrons. The molecule has 1 N–H and O–H groups in total. The van der Waals surface area contributed by atoms with Gasteiger partial charge in [-0.15, -0.1) is 11.3 Å². The number of piperidine rings is 1. The summed E-state index contributed by atoms with van der Waals surface area (Å²) in [5.74, 6) is 1.37. The highest BCUT2D eigenvalue weighted by Gasteiger charge is 2.30. The Morgan fingerprint density at radius 2 is 1.90 bits per heavy atom. The maximum absolute atomic E-state index is 13.3. The van der Waals surface area contributed by atoms with Gasteiger partial charge < -0.3 is 10.2 Å². The molecule has 31 heavy (non-hydrogen) atoms. The van der Waals surface area contributed by atoms with Crippen molar-refractivity contribution < 1.29 is 9.59 Å². The van der Waals surface area contributed by atoms with Crippen molar-refractivity contribution in [3.63, 3.8) is 0 Å². The van der Waals surface area contributed by atoms with Crippen LogP contribution in [0.15, 0.2) is 24.5 Å². The number of fused-ring (bicyclic) bond motifs is 1. The van der Waals surface area contributed by atoms with Crippen molar-refractivity contribution in [1.29, 1.82) is 0 Å². The fourth-order valence-corrected chi connectivity index (χ4v) is 5.43. The van der Waals surface area contributed by atoms with Gasteiger partial charge in [-0.05, 0) is 57.2 Å². The van der Waals surface area contributed by atoms with Crippen LogP contribution in [-0.4, -0.2) is 50.8 Å². The second-order valence-corrected chi connectivity index (χ2v) is 9.46. The lowest BCUT2D eigenvalue weighted by Crippen LogP contribution is -2.46. The molecule has 0 atom stereocenters. The van der Waals surface area contributed by atoms with E-state index in [-0.39, 0.29) is 17.9 Å². The van der Waals surface area contributed by atoms with Gasteiger partial charge >= 0.3 is 0 Å². The van der Waals surface area contributed by atoms with E-state index >= 15 is 0 Å². The molecule has 4 heterocycles. The first kappa shape index (κ1) is 20.1. The SMILES string of the molecule is Cc1nc(C2CC2)nc2sc(C(=O)N3CCC(NC(=O)c4cccnc4)CC3)c(C)c12. The third-order valence-electron chi connectivity index (χ3n) is 6.17. The predicted octanol–water partition coefficient (Wildman–Crippen LogP) is 3.62. The summed E-state index contributed by atoms with van der Waals surface area (Å²) in [6.07, 6.45) is 7.02. The minimum atomic E-state index is -0.112. The van der Waals surface area contributed by atoms with Gasteiger partial charge in [0.2, 0.25) is 0 Å². The highest BCUT2D eigenvalue weighted by molar-refractivity contribution is 7.20. The molecule has 8 heteroatoms. The monoisotopic (exact) mass is 435 g/mol. The average molecular weight is 436 g/mol. The van der Waals surface area contributed by atoms with E-state index in [1.54, 1.807) is 24.5 Å². The van der Waals surface area contributed by atoms with Crippen LogP contribution in [0.1, 0.15) is 68.7 Å². The summed E-state index contributed by atoms with van der Waals surface area (Å²) < 4.78 is 0. The van der Waals surface area contributed by atoms with E-state index in [1.165, 1.54) is 11.3 Å². The maximum Gasteiger partial charge on any atom is 0.264 e. The number of hydrogen-bond acceptors (Lipinski definition) is 6. The normalized spacial score (nSPS) is 17.2. The van der Waals surface area contributed by atoms with E-state index in [0.29, 0.717) is 24.6 Å². The van der Waals surface area contributed by atoms with E-state index in [0.717, 1.165) is 57.9 Å². The largest absolute Gasteiger partial charge is 0.349 e. The van der Waals surface area contributed by atoms with Crippen molar-refractivity contribution in [2.24, 2.45) is 0 Å². The Morgan fingerprint density at radius 1 is 1.13 bits per heavy atom. The van der Waals surface area contributed by atoms with Crippen LogP contribution >= 0.6 is 11.3 Å². The number of nitrogens with zero attached hydrogens (tertiary/aromatic N) is 4.